The van der Waals surface area contributed by atoms with E-state index in [1.54, 1.807) is 12.3 Å². The highest BCUT2D eigenvalue weighted by Crippen LogP contribution is 2.36. The highest BCUT2D eigenvalue weighted by molar-refractivity contribution is 7.11. The molecule has 0 atom stereocenters. The summed E-state index contributed by atoms with van der Waals surface area (Å²) in [5, 5.41) is 14.9. The van der Waals surface area contributed by atoms with Gasteiger partial charge in [0.1, 0.15) is 22.5 Å². The SMILES string of the molecule is Cc1ccc(F)cc1NC=C(C#N)c1nc(-c2ccc3c(c2)OCO3)cs1. The molecule has 3 aromatic rings. The first-order valence-corrected chi connectivity index (χ1v) is 9.01. The minimum absolute atomic E-state index is 0.216. The zero-order chi connectivity index (χ0) is 18.8. The van der Waals surface area contributed by atoms with Crippen LogP contribution in [0.3, 0.4) is 0 Å². The number of nitriles is 1. The van der Waals surface area contributed by atoms with E-state index < -0.39 is 0 Å². The predicted octanol–water partition coefficient (Wildman–Crippen LogP) is 4.96. The summed E-state index contributed by atoms with van der Waals surface area (Å²) < 4.78 is 24.1. The Labute approximate surface area is 159 Å². The number of aromatic nitrogens is 1. The van der Waals surface area contributed by atoms with Gasteiger partial charge in [-0.3, -0.25) is 0 Å². The van der Waals surface area contributed by atoms with Crippen LogP contribution in [0.4, 0.5) is 10.1 Å². The van der Waals surface area contributed by atoms with Crippen LogP contribution in [0.1, 0.15) is 10.6 Å². The van der Waals surface area contributed by atoms with Crippen molar-refractivity contribution in [1.29, 1.82) is 5.26 Å². The van der Waals surface area contributed by atoms with E-state index in [0.29, 0.717) is 27.8 Å². The van der Waals surface area contributed by atoms with Crippen molar-refractivity contribution in [3.05, 3.63) is 64.4 Å². The molecule has 1 aromatic heterocycles. The first kappa shape index (κ1) is 17.1. The van der Waals surface area contributed by atoms with Crippen molar-refractivity contribution in [2.75, 3.05) is 12.1 Å². The molecule has 134 valence electrons. The number of anilines is 1. The number of fused-ring (bicyclic) bond motifs is 1. The maximum absolute atomic E-state index is 13.4. The van der Waals surface area contributed by atoms with Crippen molar-refractivity contribution in [3.63, 3.8) is 0 Å². The van der Waals surface area contributed by atoms with Crippen molar-refractivity contribution in [3.8, 4) is 28.8 Å². The summed E-state index contributed by atoms with van der Waals surface area (Å²) in [6.45, 7) is 2.08. The summed E-state index contributed by atoms with van der Waals surface area (Å²) in [6.07, 6.45) is 1.55. The van der Waals surface area contributed by atoms with E-state index in [9.17, 15) is 9.65 Å². The topological polar surface area (TPSA) is 67.2 Å². The lowest BCUT2D eigenvalue weighted by Crippen LogP contribution is -1.94. The minimum atomic E-state index is -0.339. The number of benzene rings is 2. The smallest absolute Gasteiger partial charge is 0.231 e. The molecule has 2 heterocycles. The Hall–Kier alpha value is -3.37. The van der Waals surface area contributed by atoms with Crippen molar-refractivity contribution in [2.45, 2.75) is 6.92 Å². The number of hydrogen-bond donors (Lipinski definition) is 1. The molecule has 0 radical (unpaired) electrons. The standard InChI is InChI=1S/C20H14FN3O2S/c1-12-2-4-15(21)7-16(12)23-9-14(8-22)20-24-17(10-27-20)13-3-5-18-19(6-13)26-11-25-18/h2-7,9-10,23H,11H2,1H3. The van der Waals surface area contributed by atoms with Crippen LogP contribution in [-0.4, -0.2) is 11.8 Å². The summed E-state index contributed by atoms with van der Waals surface area (Å²) in [4.78, 5) is 4.55. The highest BCUT2D eigenvalue weighted by Gasteiger charge is 2.16. The van der Waals surface area contributed by atoms with Gasteiger partial charge in [-0.15, -0.1) is 11.3 Å². The second kappa shape index (κ2) is 7.09. The second-order valence-electron chi connectivity index (χ2n) is 5.88. The van der Waals surface area contributed by atoms with Gasteiger partial charge >= 0.3 is 0 Å². The summed E-state index contributed by atoms with van der Waals surface area (Å²) >= 11 is 1.36. The Bertz CT molecular complexity index is 1090. The molecule has 2 aromatic carbocycles. The minimum Gasteiger partial charge on any atom is -0.454 e. The number of aryl methyl sites for hydroxylation is 1. The summed E-state index contributed by atoms with van der Waals surface area (Å²) in [7, 11) is 0. The van der Waals surface area contributed by atoms with Crippen LogP contribution in [0.5, 0.6) is 11.5 Å². The number of thiazole rings is 1. The molecule has 7 heteroatoms. The van der Waals surface area contributed by atoms with Crippen LogP contribution >= 0.6 is 11.3 Å². The van der Waals surface area contributed by atoms with Gasteiger partial charge in [-0.2, -0.15) is 5.26 Å². The average Bonchev–Trinajstić information content (AvgIpc) is 3.33. The van der Waals surface area contributed by atoms with Gasteiger partial charge in [0, 0.05) is 22.8 Å². The van der Waals surface area contributed by atoms with E-state index >= 15 is 0 Å². The Morgan fingerprint density at radius 3 is 2.96 bits per heavy atom. The van der Waals surface area contributed by atoms with Gasteiger partial charge in [0.25, 0.3) is 0 Å². The number of nitrogens with zero attached hydrogens (tertiary/aromatic N) is 2. The van der Waals surface area contributed by atoms with Gasteiger partial charge in [-0.1, -0.05) is 6.07 Å². The third-order valence-corrected chi connectivity index (χ3v) is 4.97. The number of nitrogens with one attached hydrogen (secondary N) is 1. The lowest BCUT2D eigenvalue weighted by atomic mass is 10.1. The van der Waals surface area contributed by atoms with Crippen LogP contribution in [0.25, 0.3) is 16.8 Å². The van der Waals surface area contributed by atoms with Crippen molar-refractivity contribution in [2.24, 2.45) is 0 Å². The third kappa shape index (κ3) is 3.48. The Kier molecular flexibility index (Phi) is 4.48. The largest absolute Gasteiger partial charge is 0.454 e. The quantitative estimate of drug-likeness (QED) is 0.649. The fourth-order valence-corrected chi connectivity index (χ4v) is 3.42. The zero-order valence-corrected chi connectivity index (χ0v) is 15.1. The van der Waals surface area contributed by atoms with Gasteiger partial charge < -0.3 is 14.8 Å². The molecule has 0 spiro atoms. The first-order chi connectivity index (χ1) is 13.1. The fourth-order valence-electron chi connectivity index (χ4n) is 2.63. The molecular weight excluding hydrogens is 365 g/mol. The molecular formula is C20H14FN3O2S. The Morgan fingerprint density at radius 2 is 2.11 bits per heavy atom. The highest BCUT2D eigenvalue weighted by atomic mass is 32.1. The Morgan fingerprint density at radius 1 is 1.26 bits per heavy atom. The van der Waals surface area contributed by atoms with E-state index in [-0.39, 0.29) is 12.6 Å². The third-order valence-electron chi connectivity index (χ3n) is 4.10. The molecule has 27 heavy (non-hydrogen) atoms. The monoisotopic (exact) mass is 379 g/mol. The van der Waals surface area contributed by atoms with Gasteiger partial charge in [-0.25, -0.2) is 9.37 Å². The molecule has 0 unspecified atom stereocenters. The number of ether oxygens (including phenoxy) is 2. The van der Waals surface area contributed by atoms with Crippen molar-refractivity contribution >= 4 is 22.6 Å². The molecule has 4 rings (SSSR count). The van der Waals surface area contributed by atoms with E-state index in [0.717, 1.165) is 16.8 Å². The zero-order valence-electron chi connectivity index (χ0n) is 14.3. The van der Waals surface area contributed by atoms with Crippen molar-refractivity contribution < 1.29 is 13.9 Å². The molecule has 1 aliphatic rings. The van der Waals surface area contributed by atoms with E-state index in [4.69, 9.17) is 9.47 Å². The van der Waals surface area contributed by atoms with E-state index in [1.807, 2.05) is 30.5 Å². The van der Waals surface area contributed by atoms with Gasteiger partial charge in [0.05, 0.1) is 5.69 Å². The fraction of sp³-hybridized carbons (Fsp3) is 0.100. The number of halogens is 1. The van der Waals surface area contributed by atoms with Gasteiger partial charge in [-0.05, 0) is 42.8 Å². The van der Waals surface area contributed by atoms with Crippen LogP contribution in [0, 0.1) is 24.1 Å². The molecule has 0 fully saturated rings. The van der Waals surface area contributed by atoms with E-state index in [2.05, 4.69) is 16.4 Å². The first-order valence-electron chi connectivity index (χ1n) is 8.13. The maximum Gasteiger partial charge on any atom is 0.231 e. The lowest BCUT2D eigenvalue weighted by molar-refractivity contribution is 0.174. The predicted molar refractivity (Wildman–Crippen MR) is 102 cm³/mol. The molecule has 1 aliphatic heterocycles. The Balaban J connectivity index is 1.59. The van der Waals surface area contributed by atoms with Crippen LogP contribution in [0.15, 0.2) is 48.0 Å². The van der Waals surface area contributed by atoms with Crippen LogP contribution in [-0.2, 0) is 0 Å². The summed E-state index contributed by atoms with van der Waals surface area (Å²) in [6, 6.07) is 12.2. The molecule has 0 bridgehead atoms. The number of rotatable bonds is 4. The number of hydrogen-bond acceptors (Lipinski definition) is 6. The molecule has 0 saturated carbocycles. The lowest BCUT2D eigenvalue weighted by Gasteiger charge is -2.05. The van der Waals surface area contributed by atoms with Crippen molar-refractivity contribution in [1.82, 2.24) is 4.98 Å². The van der Waals surface area contributed by atoms with Crippen LogP contribution < -0.4 is 14.8 Å². The van der Waals surface area contributed by atoms with Gasteiger partial charge in [0.15, 0.2) is 11.5 Å². The summed E-state index contributed by atoms with van der Waals surface area (Å²) in [5.41, 5.74) is 3.49. The molecule has 0 aliphatic carbocycles. The average molecular weight is 379 g/mol. The second-order valence-corrected chi connectivity index (χ2v) is 6.74. The summed E-state index contributed by atoms with van der Waals surface area (Å²) in [5.74, 6) is 1.05. The number of allylic oxidation sites excluding steroid dienone is 1. The maximum atomic E-state index is 13.4. The van der Waals surface area contributed by atoms with Crippen LogP contribution in [0.2, 0.25) is 0 Å². The molecule has 0 amide bonds. The molecule has 1 N–H and O–H groups in total. The molecule has 0 saturated heterocycles. The van der Waals surface area contributed by atoms with E-state index in [1.165, 1.54) is 23.5 Å². The molecule has 5 nitrogen and oxygen atoms in total. The van der Waals surface area contributed by atoms with Gasteiger partial charge in [0.2, 0.25) is 6.79 Å². The normalized spacial score (nSPS) is 12.7.